The van der Waals surface area contributed by atoms with Gasteiger partial charge >= 0.3 is 12.0 Å². The molecule has 0 saturated heterocycles. The quantitative estimate of drug-likeness (QED) is 0.694. The molecule has 0 aliphatic carbocycles. The van der Waals surface area contributed by atoms with Crippen LogP contribution in [-0.2, 0) is 9.47 Å². The molecule has 27 heavy (non-hydrogen) atoms. The number of aromatic nitrogens is 3. The molecule has 2 aromatic heterocycles. The van der Waals surface area contributed by atoms with E-state index < -0.39 is 0 Å². The number of aliphatic imine (C=N–C) groups is 1. The Labute approximate surface area is 154 Å². The van der Waals surface area contributed by atoms with Gasteiger partial charge < -0.3 is 18.4 Å². The van der Waals surface area contributed by atoms with Gasteiger partial charge in [0.25, 0.3) is 5.89 Å². The van der Waals surface area contributed by atoms with Gasteiger partial charge in [-0.2, -0.15) is 4.99 Å². The van der Waals surface area contributed by atoms with Gasteiger partial charge in [-0.3, -0.25) is 0 Å². The first-order valence-corrected chi connectivity index (χ1v) is 8.21. The van der Waals surface area contributed by atoms with Gasteiger partial charge in [0, 0.05) is 5.56 Å². The Balaban J connectivity index is 1.70. The summed E-state index contributed by atoms with van der Waals surface area (Å²) in [6.45, 7) is 2.22. The van der Waals surface area contributed by atoms with Crippen LogP contribution < -0.4 is 4.90 Å². The molecule has 138 valence electrons. The first-order chi connectivity index (χ1) is 13.2. The van der Waals surface area contributed by atoms with Crippen molar-refractivity contribution in [1.82, 2.24) is 15.4 Å². The summed E-state index contributed by atoms with van der Waals surface area (Å²) in [5, 5.41) is 12.4. The maximum Gasteiger partial charge on any atom is 0.327 e. The number of methoxy groups -OCH3 is 2. The maximum absolute atomic E-state index is 5.88. The predicted molar refractivity (Wildman–Crippen MR) is 96.9 cm³/mol. The molecule has 0 saturated carbocycles. The molecule has 0 atom stereocenters. The molecule has 0 bridgehead atoms. The molecule has 3 aromatic rings. The van der Waals surface area contributed by atoms with Gasteiger partial charge in [0.2, 0.25) is 5.88 Å². The van der Waals surface area contributed by atoms with Crippen molar-refractivity contribution in [3.63, 3.8) is 0 Å². The van der Waals surface area contributed by atoms with Crippen LogP contribution in [0.1, 0.15) is 5.76 Å². The lowest BCUT2D eigenvalue weighted by Gasteiger charge is -2.22. The number of nitrogens with zero attached hydrogens (tertiary/aromatic N) is 5. The average Bonchev–Trinajstić information content (AvgIpc) is 3.34. The van der Waals surface area contributed by atoms with E-state index in [0.29, 0.717) is 41.4 Å². The Hall–Kier alpha value is -3.62. The number of rotatable bonds is 4. The van der Waals surface area contributed by atoms with Crippen LogP contribution in [0.15, 0.2) is 56.2 Å². The van der Waals surface area contributed by atoms with E-state index >= 15 is 0 Å². The minimum atomic E-state index is 0.247. The van der Waals surface area contributed by atoms with Crippen LogP contribution in [0.5, 0.6) is 0 Å². The SMILES string of the molecule is COC1=CCN(c2nnc(-c3c(-c4ccccc4)noc3C)o2)C(OC)=N1. The summed E-state index contributed by atoms with van der Waals surface area (Å²) in [4.78, 5) is 5.87. The second kappa shape index (κ2) is 6.94. The molecule has 1 aromatic carbocycles. The third kappa shape index (κ3) is 3.03. The molecule has 0 unspecified atom stereocenters. The highest BCUT2D eigenvalue weighted by atomic mass is 16.5. The number of amidine groups is 1. The highest BCUT2D eigenvalue weighted by molar-refractivity contribution is 5.91. The van der Waals surface area contributed by atoms with Crippen LogP contribution >= 0.6 is 0 Å². The van der Waals surface area contributed by atoms with Gasteiger partial charge in [-0.15, -0.1) is 5.10 Å². The average molecular weight is 367 g/mol. The van der Waals surface area contributed by atoms with Crippen molar-refractivity contribution in [2.75, 3.05) is 25.7 Å². The van der Waals surface area contributed by atoms with Gasteiger partial charge in [-0.1, -0.05) is 40.6 Å². The van der Waals surface area contributed by atoms with Gasteiger partial charge in [0.05, 0.1) is 20.8 Å². The summed E-state index contributed by atoms with van der Waals surface area (Å²) in [6.07, 6.45) is 1.78. The molecule has 0 N–H and O–H groups in total. The lowest BCUT2D eigenvalue weighted by Crippen LogP contribution is -2.35. The lowest BCUT2D eigenvalue weighted by atomic mass is 10.1. The summed E-state index contributed by atoms with van der Waals surface area (Å²) in [5.41, 5.74) is 2.19. The minimum absolute atomic E-state index is 0.247. The molecular weight excluding hydrogens is 350 g/mol. The third-order valence-corrected chi connectivity index (χ3v) is 4.05. The van der Waals surface area contributed by atoms with E-state index in [1.54, 1.807) is 25.0 Å². The Bertz CT molecular complexity index is 1010. The molecular formula is C18H17N5O4. The van der Waals surface area contributed by atoms with E-state index in [1.165, 1.54) is 7.11 Å². The highest BCUT2D eigenvalue weighted by Gasteiger charge is 2.27. The van der Waals surface area contributed by atoms with Crippen molar-refractivity contribution in [3.8, 4) is 22.7 Å². The Morgan fingerprint density at radius 3 is 2.63 bits per heavy atom. The van der Waals surface area contributed by atoms with Gasteiger partial charge in [-0.25, -0.2) is 4.90 Å². The fourth-order valence-corrected chi connectivity index (χ4v) is 2.74. The zero-order chi connectivity index (χ0) is 18.8. The van der Waals surface area contributed by atoms with Crippen LogP contribution in [0.4, 0.5) is 6.01 Å². The number of benzene rings is 1. The fraction of sp³-hybridized carbons (Fsp3) is 0.222. The van der Waals surface area contributed by atoms with E-state index in [-0.39, 0.29) is 6.01 Å². The predicted octanol–water partition coefficient (Wildman–Crippen LogP) is 3.01. The van der Waals surface area contributed by atoms with Crippen molar-refractivity contribution in [1.29, 1.82) is 0 Å². The van der Waals surface area contributed by atoms with Crippen LogP contribution in [0.2, 0.25) is 0 Å². The van der Waals surface area contributed by atoms with E-state index in [2.05, 4.69) is 20.3 Å². The normalized spacial score (nSPS) is 14.0. The second-order valence-electron chi connectivity index (χ2n) is 5.67. The maximum atomic E-state index is 5.88. The Kier molecular flexibility index (Phi) is 4.33. The number of ether oxygens (including phenoxy) is 2. The summed E-state index contributed by atoms with van der Waals surface area (Å²) >= 11 is 0. The lowest BCUT2D eigenvalue weighted by molar-refractivity contribution is 0.278. The van der Waals surface area contributed by atoms with Crippen LogP contribution in [0, 0.1) is 6.92 Å². The van der Waals surface area contributed by atoms with Crippen molar-refractivity contribution in [2.45, 2.75) is 6.92 Å². The summed E-state index contributed by atoms with van der Waals surface area (Å²) in [6, 6.07) is 10.2. The Morgan fingerprint density at radius 1 is 1.07 bits per heavy atom. The Morgan fingerprint density at radius 2 is 1.89 bits per heavy atom. The van der Waals surface area contributed by atoms with Gasteiger partial charge in [-0.05, 0) is 13.0 Å². The number of hydrogen-bond acceptors (Lipinski definition) is 9. The first kappa shape index (κ1) is 16.8. The largest absolute Gasteiger partial charge is 0.481 e. The second-order valence-corrected chi connectivity index (χ2v) is 5.67. The standard InChI is InChI=1S/C18H17N5O4/c1-11-14(15(22-27-11)12-7-5-4-6-8-12)16-20-21-18(26-16)23-10-9-13(24-2)19-17(23)25-3/h4-9H,10H2,1-3H3. The summed E-state index contributed by atoms with van der Waals surface area (Å²) < 4.78 is 21.7. The molecule has 0 fully saturated rings. The summed E-state index contributed by atoms with van der Waals surface area (Å²) in [7, 11) is 3.06. The molecule has 3 heterocycles. The fourth-order valence-electron chi connectivity index (χ4n) is 2.74. The van der Waals surface area contributed by atoms with E-state index in [4.69, 9.17) is 18.4 Å². The van der Waals surface area contributed by atoms with Crippen molar-refractivity contribution in [3.05, 3.63) is 48.1 Å². The smallest absolute Gasteiger partial charge is 0.327 e. The molecule has 0 amide bonds. The summed E-state index contributed by atoms with van der Waals surface area (Å²) in [5.74, 6) is 1.36. The molecule has 1 aliphatic heterocycles. The number of anilines is 1. The van der Waals surface area contributed by atoms with Crippen LogP contribution in [0.25, 0.3) is 22.7 Å². The number of aryl methyl sites for hydroxylation is 1. The van der Waals surface area contributed by atoms with Crippen molar-refractivity contribution in [2.24, 2.45) is 4.99 Å². The third-order valence-electron chi connectivity index (χ3n) is 4.05. The van der Waals surface area contributed by atoms with Gasteiger partial charge in [0.15, 0.2) is 0 Å². The first-order valence-electron chi connectivity index (χ1n) is 8.21. The molecule has 9 heteroatoms. The van der Waals surface area contributed by atoms with E-state index in [1.807, 2.05) is 30.3 Å². The molecule has 1 aliphatic rings. The van der Waals surface area contributed by atoms with Crippen LogP contribution in [-0.4, -0.2) is 42.1 Å². The topological polar surface area (TPSA) is 99.0 Å². The van der Waals surface area contributed by atoms with Crippen LogP contribution in [0.3, 0.4) is 0 Å². The van der Waals surface area contributed by atoms with Crippen molar-refractivity contribution < 1.29 is 18.4 Å². The minimum Gasteiger partial charge on any atom is -0.481 e. The highest BCUT2D eigenvalue weighted by Crippen LogP contribution is 2.34. The molecule has 9 nitrogen and oxygen atoms in total. The zero-order valence-electron chi connectivity index (χ0n) is 15.0. The zero-order valence-corrected chi connectivity index (χ0v) is 15.0. The molecule has 0 spiro atoms. The monoisotopic (exact) mass is 367 g/mol. The molecule has 4 rings (SSSR count). The van der Waals surface area contributed by atoms with E-state index in [0.717, 1.165) is 5.56 Å². The number of hydrogen-bond donors (Lipinski definition) is 0. The van der Waals surface area contributed by atoms with Crippen molar-refractivity contribution >= 4 is 12.0 Å². The van der Waals surface area contributed by atoms with Gasteiger partial charge in [0.1, 0.15) is 17.0 Å². The molecule has 0 radical (unpaired) electrons. The van der Waals surface area contributed by atoms with E-state index in [9.17, 15) is 0 Å².